The number of benzene rings is 1. The van der Waals surface area contributed by atoms with Gasteiger partial charge in [0.15, 0.2) is 17.6 Å². The Labute approximate surface area is 262 Å². The van der Waals surface area contributed by atoms with E-state index in [1.165, 1.54) is 6.07 Å². The smallest absolute Gasteiger partial charge is 0.435 e. The number of anilines is 2. The van der Waals surface area contributed by atoms with Gasteiger partial charge in [-0.1, -0.05) is 32.0 Å². The van der Waals surface area contributed by atoms with E-state index in [4.69, 9.17) is 9.72 Å². The van der Waals surface area contributed by atoms with Crippen LogP contribution in [0.5, 0.6) is 0 Å². The van der Waals surface area contributed by atoms with E-state index >= 15 is 0 Å². The number of rotatable bonds is 6. The van der Waals surface area contributed by atoms with E-state index in [9.17, 15) is 23.1 Å². The number of nitrogens with zero attached hydrogens (tertiary/aromatic N) is 5. The van der Waals surface area contributed by atoms with Crippen LogP contribution in [0.3, 0.4) is 0 Å². The lowest BCUT2D eigenvalue weighted by Crippen LogP contribution is -2.39. The second kappa shape index (κ2) is 11.9. The molecule has 0 radical (unpaired) electrons. The number of aryl methyl sites for hydroxylation is 2. The molecule has 11 heteroatoms. The van der Waals surface area contributed by atoms with Crippen LogP contribution in [0, 0.1) is 19.3 Å². The Morgan fingerprint density at radius 2 is 1.64 bits per heavy atom. The molecule has 1 saturated heterocycles. The molecular weight excluding hydrogens is 583 g/mol. The van der Waals surface area contributed by atoms with Gasteiger partial charge in [-0.15, -0.1) is 10.2 Å². The van der Waals surface area contributed by atoms with E-state index in [-0.39, 0.29) is 5.41 Å². The SMILES string of the molecule is Cc1nc(C)c([C@H](OC(C)(C)C)C(=O)O)c(N2CCC(C)(C)CC2)c1-c1ccc2c(c1)CCN(c1ccc(C(F)(F)F)nn1)C2. The maximum Gasteiger partial charge on any atom is 0.435 e. The highest BCUT2D eigenvalue weighted by atomic mass is 19.4. The van der Waals surface area contributed by atoms with Crippen molar-refractivity contribution in [2.45, 2.75) is 92.2 Å². The van der Waals surface area contributed by atoms with Crippen molar-refractivity contribution in [3.63, 3.8) is 0 Å². The van der Waals surface area contributed by atoms with Gasteiger partial charge >= 0.3 is 12.1 Å². The Hall–Kier alpha value is -3.73. The number of carboxylic acid groups (broad SMARTS) is 1. The Morgan fingerprint density at radius 1 is 0.956 bits per heavy atom. The van der Waals surface area contributed by atoms with Crippen molar-refractivity contribution < 1.29 is 27.8 Å². The van der Waals surface area contributed by atoms with Crippen molar-refractivity contribution >= 4 is 17.5 Å². The van der Waals surface area contributed by atoms with Crippen LogP contribution in [0.4, 0.5) is 24.7 Å². The molecule has 5 rings (SSSR count). The summed E-state index contributed by atoms with van der Waals surface area (Å²) < 4.78 is 45.2. The van der Waals surface area contributed by atoms with Gasteiger partial charge < -0.3 is 19.6 Å². The number of hydrogen-bond acceptors (Lipinski definition) is 7. The number of halogens is 3. The number of fused-ring (bicyclic) bond motifs is 1. The minimum absolute atomic E-state index is 0.192. The summed E-state index contributed by atoms with van der Waals surface area (Å²) in [4.78, 5) is 21.9. The largest absolute Gasteiger partial charge is 0.479 e. The maximum atomic E-state index is 13.0. The number of alkyl halides is 3. The van der Waals surface area contributed by atoms with Gasteiger partial charge in [-0.2, -0.15) is 13.2 Å². The Balaban J connectivity index is 1.57. The summed E-state index contributed by atoms with van der Waals surface area (Å²) in [6.07, 6.45) is -3.13. The number of aliphatic carboxylic acids is 1. The molecule has 0 amide bonds. The first kappa shape index (κ1) is 32.7. The molecule has 1 atom stereocenters. The standard InChI is InChI=1S/C34H42F3N5O3/c1-20-27(23-8-9-24-19-42(15-12-22(24)18-23)26-11-10-25(39-40-26)34(35,36)37)29(41-16-13-33(6,7)14-17-41)28(21(2)38-20)30(31(43)44)45-32(3,4)5/h8-11,18,30H,12-17,19H2,1-7H3,(H,43,44)/t30-/m0/s1. The Kier molecular flexibility index (Phi) is 8.63. The van der Waals surface area contributed by atoms with Crippen LogP contribution in [0.15, 0.2) is 30.3 Å². The molecule has 242 valence electrons. The third kappa shape index (κ3) is 7.08. The molecule has 2 aliphatic heterocycles. The normalized spacial score (nSPS) is 17.6. The third-order valence-corrected chi connectivity index (χ3v) is 8.74. The molecule has 4 heterocycles. The van der Waals surface area contributed by atoms with Crippen LogP contribution in [0.2, 0.25) is 0 Å². The van der Waals surface area contributed by atoms with E-state index in [2.05, 4.69) is 35.0 Å². The average molecular weight is 626 g/mol. The first-order chi connectivity index (χ1) is 20.9. The molecule has 0 spiro atoms. The lowest BCUT2D eigenvalue weighted by Gasteiger charge is -2.41. The minimum atomic E-state index is -4.54. The van der Waals surface area contributed by atoms with Crippen LogP contribution in [-0.4, -0.2) is 51.5 Å². The molecule has 45 heavy (non-hydrogen) atoms. The lowest BCUT2D eigenvalue weighted by molar-refractivity contribution is -0.160. The third-order valence-electron chi connectivity index (χ3n) is 8.74. The molecule has 0 aliphatic carbocycles. The number of ether oxygens (including phenoxy) is 1. The van der Waals surface area contributed by atoms with Crippen LogP contribution < -0.4 is 9.80 Å². The van der Waals surface area contributed by atoms with E-state index in [1.54, 1.807) is 0 Å². The molecule has 0 bridgehead atoms. The fourth-order valence-electron chi connectivity index (χ4n) is 6.30. The predicted octanol–water partition coefficient (Wildman–Crippen LogP) is 7.30. The molecule has 8 nitrogen and oxygen atoms in total. The number of carbonyl (C=O) groups is 1. The van der Waals surface area contributed by atoms with E-state index in [1.807, 2.05) is 51.7 Å². The van der Waals surface area contributed by atoms with Crippen LogP contribution in [-0.2, 0) is 28.7 Å². The summed E-state index contributed by atoms with van der Waals surface area (Å²) in [5.41, 5.74) is 5.40. The highest BCUT2D eigenvalue weighted by Crippen LogP contribution is 2.45. The predicted molar refractivity (Wildman–Crippen MR) is 167 cm³/mol. The summed E-state index contributed by atoms with van der Waals surface area (Å²) >= 11 is 0. The fraction of sp³-hybridized carbons (Fsp3) is 0.529. The van der Waals surface area contributed by atoms with Gasteiger partial charge in [-0.3, -0.25) is 4.98 Å². The number of hydrogen-bond donors (Lipinski definition) is 1. The van der Waals surface area contributed by atoms with E-state index in [0.29, 0.717) is 36.6 Å². The molecule has 2 aromatic heterocycles. The van der Waals surface area contributed by atoms with Gasteiger partial charge in [0.05, 0.1) is 11.3 Å². The molecule has 2 aliphatic rings. The summed E-state index contributed by atoms with van der Waals surface area (Å²) in [5, 5.41) is 17.7. The van der Waals surface area contributed by atoms with Crippen molar-refractivity contribution in [3.8, 4) is 11.1 Å². The maximum absolute atomic E-state index is 13.0. The summed E-state index contributed by atoms with van der Waals surface area (Å²) in [6, 6.07) is 8.54. The number of aromatic nitrogens is 3. The van der Waals surface area contributed by atoms with E-state index in [0.717, 1.165) is 65.6 Å². The van der Waals surface area contributed by atoms with E-state index < -0.39 is 29.5 Å². The topological polar surface area (TPSA) is 91.7 Å². The highest BCUT2D eigenvalue weighted by Gasteiger charge is 2.37. The molecule has 0 saturated carbocycles. The van der Waals surface area contributed by atoms with Gasteiger partial charge in [0.1, 0.15) is 0 Å². The molecular formula is C34H42F3N5O3. The van der Waals surface area contributed by atoms with Gasteiger partial charge in [0.25, 0.3) is 0 Å². The zero-order chi connectivity index (χ0) is 32.9. The Bertz CT molecular complexity index is 1570. The van der Waals surface area contributed by atoms with Crippen molar-refractivity contribution in [1.29, 1.82) is 0 Å². The van der Waals surface area contributed by atoms with Crippen LogP contribution in [0.25, 0.3) is 11.1 Å². The van der Waals surface area contributed by atoms with Crippen molar-refractivity contribution in [1.82, 2.24) is 15.2 Å². The van der Waals surface area contributed by atoms with Crippen molar-refractivity contribution in [2.24, 2.45) is 5.41 Å². The molecule has 1 aromatic carbocycles. The molecule has 0 unspecified atom stereocenters. The monoisotopic (exact) mass is 625 g/mol. The first-order valence-electron chi connectivity index (χ1n) is 15.4. The number of carboxylic acids is 1. The summed E-state index contributed by atoms with van der Waals surface area (Å²) in [7, 11) is 0. The fourth-order valence-corrected chi connectivity index (χ4v) is 6.30. The average Bonchev–Trinajstić information content (AvgIpc) is 2.94. The lowest BCUT2D eigenvalue weighted by atomic mass is 9.81. The van der Waals surface area contributed by atoms with Crippen LogP contribution >= 0.6 is 0 Å². The summed E-state index contributed by atoms with van der Waals surface area (Å²) in [6.45, 7) is 16.5. The van der Waals surface area contributed by atoms with Crippen molar-refractivity contribution in [2.75, 3.05) is 29.4 Å². The van der Waals surface area contributed by atoms with Crippen molar-refractivity contribution in [3.05, 3.63) is 64.1 Å². The zero-order valence-corrected chi connectivity index (χ0v) is 27.0. The highest BCUT2D eigenvalue weighted by molar-refractivity contribution is 5.88. The Morgan fingerprint density at radius 3 is 2.22 bits per heavy atom. The van der Waals surface area contributed by atoms with Gasteiger partial charge in [-0.05, 0) is 88.1 Å². The molecule has 3 aromatic rings. The molecule has 1 N–H and O–H groups in total. The van der Waals surface area contributed by atoms with Gasteiger partial charge in [0, 0.05) is 48.7 Å². The van der Waals surface area contributed by atoms with Gasteiger partial charge in [0.2, 0.25) is 0 Å². The molecule has 1 fully saturated rings. The minimum Gasteiger partial charge on any atom is -0.479 e. The number of pyridine rings is 1. The second-order valence-corrected chi connectivity index (χ2v) is 13.9. The van der Waals surface area contributed by atoms with Crippen LogP contribution in [0.1, 0.15) is 87.3 Å². The zero-order valence-electron chi connectivity index (χ0n) is 27.0. The number of piperidine rings is 1. The van der Waals surface area contributed by atoms with Gasteiger partial charge in [-0.25, -0.2) is 4.79 Å². The second-order valence-electron chi connectivity index (χ2n) is 13.9. The first-order valence-corrected chi connectivity index (χ1v) is 15.4. The quantitative estimate of drug-likeness (QED) is 0.305. The summed E-state index contributed by atoms with van der Waals surface area (Å²) in [5.74, 6) is -0.657.